The summed E-state index contributed by atoms with van der Waals surface area (Å²) in [6, 6.07) is 5.36. The van der Waals surface area contributed by atoms with Crippen LogP contribution in [-0.4, -0.2) is 18.0 Å². The molecule has 1 aromatic carbocycles. The fourth-order valence-corrected chi connectivity index (χ4v) is 3.04. The van der Waals surface area contributed by atoms with Gasteiger partial charge in [0.1, 0.15) is 0 Å². The van der Waals surface area contributed by atoms with E-state index < -0.39 is 0 Å². The van der Waals surface area contributed by atoms with Crippen molar-refractivity contribution in [3.63, 3.8) is 0 Å². The number of rotatable bonds is 3. The van der Waals surface area contributed by atoms with Gasteiger partial charge in [-0.3, -0.25) is 4.90 Å². The van der Waals surface area contributed by atoms with E-state index in [1.54, 1.807) is 0 Å². The molecule has 0 heterocycles. The van der Waals surface area contributed by atoms with E-state index in [4.69, 9.17) is 0 Å². The Labute approximate surface area is 134 Å². The van der Waals surface area contributed by atoms with Gasteiger partial charge in [0.2, 0.25) is 0 Å². The number of hydrogen-bond acceptors (Lipinski definition) is 1. The standard InChI is InChI=1S/C19H34NP/c1-13(2)20(9)12-14-10-15(18(3,4)5)11-16(17(14)21)19(6,7)8/h10-11,13H,12,21H2,1-9H3. The lowest BCUT2D eigenvalue weighted by atomic mass is 9.79. The quantitative estimate of drug-likeness (QED) is 0.736. The van der Waals surface area contributed by atoms with Crippen LogP contribution in [0.1, 0.15) is 72.1 Å². The van der Waals surface area contributed by atoms with Crippen molar-refractivity contribution in [2.75, 3.05) is 7.05 Å². The minimum Gasteiger partial charge on any atom is -0.300 e. The average molecular weight is 307 g/mol. The van der Waals surface area contributed by atoms with Crippen molar-refractivity contribution in [3.05, 3.63) is 28.8 Å². The highest BCUT2D eigenvalue weighted by Crippen LogP contribution is 2.30. The lowest BCUT2D eigenvalue weighted by molar-refractivity contribution is 0.266. The Balaban J connectivity index is 3.42. The molecule has 0 aliphatic carbocycles. The third kappa shape index (κ3) is 4.80. The molecule has 21 heavy (non-hydrogen) atoms. The highest BCUT2D eigenvalue weighted by Gasteiger charge is 2.23. The van der Waals surface area contributed by atoms with E-state index in [9.17, 15) is 0 Å². The molecule has 1 nitrogen and oxygen atoms in total. The summed E-state index contributed by atoms with van der Waals surface area (Å²) < 4.78 is 0. The Morgan fingerprint density at radius 1 is 1.00 bits per heavy atom. The molecule has 0 saturated heterocycles. The average Bonchev–Trinajstić information content (AvgIpc) is 2.28. The van der Waals surface area contributed by atoms with Gasteiger partial charge in [0.15, 0.2) is 0 Å². The summed E-state index contributed by atoms with van der Waals surface area (Å²) in [4.78, 5) is 2.40. The first kappa shape index (κ1) is 18.7. The van der Waals surface area contributed by atoms with Gasteiger partial charge in [-0.2, -0.15) is 0 Å². The summed E-state index contributed by atoms with van der Waals surface area (Å²) in [6.45, 7) is 19.3. The molecule has 0 spiro atoms. The number of hydrogen-bond donors (Lipinski definition) is 0. The molecule has 1 rings (SSSR count). The molecular formula is C19H34NP. The van der Waals surface area contributed by atoms with Gasteiger partial charge >= 0.3 is 0 Å². The van der Waals surface area contributed by atoms with Crippen LogP contribution in [0.3, 0.4) is 0 Å². The van der Waals surface area contributed by atoms with Crippen molar-refractivity contribution in [3.8, 4) is 0 Å². The third-order valence-electron chi connectivity index (χ3n) is 4.24. The minimum atomic E-state index is 0.170. The minimum absolute atomic E-state index is 0.170. The summed E-state index contributed by atoms with van der Waals surface area (Å²) in [6.07, 6.45) is 0. The summed E-state index contributed by atoms with van der Waals surface area (Å²) in [7, 11) is 5.19. The summed E-state index contributed by atoms with van der Waals surface area (Å²) in [5.41, 5.74) is 4.68. The highest BCUT2D eigenvalue weighted by atomic mass is 31.0. The highest BCUT2D eigenvalue weighted by molar-refractivity contribution is 7.27. The van der Waals surface area contributed by atoms with Crippen LogP contribution in [0.4, 0.5) is 0 Å². The predicted molar refractivity (Wildman–Crippen MR) is 99.8 cm³/mol. The molecular weight excluding hydrogens is 273 g/mol. The molecule has 0 amide bonds. The first-order chi connectivity index (χ1) is 9.34. The van der Waals surface area contributed by atoms with Crippen molar-refractivity contribution >= 4 is 14.5 Å². The smallest absolute Gasteiger partial charge is 0.0239 e. The van der Waals surface area contributed by atoms with E-state index in [-0.39, 0.29) is 10.8 Å². The molecule has 0 bridgehead atoms. The molecule has 1 unspecified atom stereocenters. The van der Waals surface area contributed by atoms with Gasteiger partial charge in [-0.15, -0.1) is 9.24 Å². The molecule has 0 aliphatic heterocycles. The number of benzene rings is 1. The molecule has 0 N–H and O–H groups in total. The second-order valence-corrected chi connectivity index (χ2v) is 9.18. The van der Waals surface area contributed by atoms with Crippen LogP contribution in [0.15, 0.2) is 12.1 Å². The molecule has 0 fully saturated rings. The molecule has 120 valence electrons. The van der Waals surface area contributed by atoms with Gasteiger partial charge in [0, 0.05) is 12.6 Å². The fraction of sp³-hybridized carbons (Fsp3) is 0.684. The van der Waals surface area contributed by atoms with Crippen molar-refractivity contribution < 1.29 is 0 Å². The lowest BCUT2D eigenvalue weighted by Gasteiger charge is -2.30. The zero-order valence-electron chi connectivity index (χ0n) is 15.5. The third-order valence-corrected chi connectivity index (χ3v) is 4.92. The second-order valence-electron chi connectivity index (χ2n) is 8.61. The maximum absolute atomic E-state index is 2.99. The lowest BCUT2D eigenvalue weighted by Crippen LogP contribution is -2.30. The topological polar surface area (TPSA) is 3.24 Å². The Morgan fingerprint density at radius 3 is 1.90 bits per heavy atom. The van der Waals surface area contributed by atoms with Gasteiger partial charge in [-0.05, 0) is 53.7 Å². The zero-order valence-corrected chi connectivity index (χ0v) is 16.6. The van der Waals surface area contributed by atoms with Crippen LogP contribution >= 0.6 is 9.24 Å². The zero-order chi connectivity index (χ0) is 16.6. The Hall–Kier alpha value is -0.390. The Kier molecular flexibility index (Phi) is 5.67. The second kappa shape index (κ2) is 6.39. The monoisotopic (exact) mass is 307 g/mol. The van der Waals surface area contributed by atoms with Crippen LogP contribution in [0.5, 0.6) is 0 Å². The Morgan fingerprint density at radius 2 is 1.52 bits per heavy atom. The Bertz CT molecular complexity index is 490. The number of nitrogens with zero attached hydrogens (tertiary/aromatic N) is 1. The van der Waals surface area contributed by atoms with Crippen molar-refractivity contribution in [2.24, 2.45) is 0 Å². The van der Waals surface area contributed by atoms with E-state index in [2.05, 4.69) is 88.7 Å². The molecule has 0 saturated carbocycles. The maximum atomic E-state index is 2.99. The molecule has 1 aromatic rings. The van der Waals surface area contributed by atoms with Crippen LogP contribution in [0.2, 0.25) is 0 Å². The largest absolute Gasteiger partial charge is 0.300 e. The van der Waals surface area contributed by atoms with Crippen molar-refractivity contribution in [2.45, 2.75) is 78.8 Å². The van der Waals surface area contributed by atoms with E-state index in [0.717, 1.165) is 6.54 Å². The molecule has 0 radical (unpaired) electrons. The van der Waals surface area contributed by atoms with Gasteiger partial charge < -0.3 is 0 Å². The van der Waals surface area contributed by atoms with Crippen molar-refractivity contribution in [1.82, 2.24) is 4.90 Å². The van der Waals surface area contributed by atoms with E-state index in [0.29, 0.717) is 6.04 Å². The van der Waals surface area contributed by atoms with Gasteiger partial charge in [-0.25, -0.2) is 0 Å². The summed E-state index contributed by atoms with van der Waals surface area (Å²) >= 11 is 0. The van der Waals surface area contributed by atoms with Gasteiger partial charge in [0.25, 0.3) is 0 Å². The SMILES string of the molecule is CC(C)N(C)Cc1cc(C(C)(C)C)cc(C(C)(C)C)c1P. The first-order valence-corrected chi connectivity index (χ1v) is 8.55. The van der Waals surface area contributed by atoms with E-state index in [1.807, 2.05) is 0 Å². The molecule has 1 atom stereocenters. The van der Waals surface area contributed by atoms with Crippen LogP contribution in [0.25, 0.3) is 0 Å². The summed E-state index contributed by atoms with van der Waals surface area (Å²) in [5.74, 6) is 0. The van der Waals surface area contributed by atoms with E-state index in [1.165, 1.54) is 22.0 Å². The van der Waals surface area contributed by atoms with Crippen LogP contribution in [-0.2, 0) is 17.4 Å². The fourth-order valence-electron chi connectivity index (χ4n) is 2.35. The maximum Gasteiger partial charge on any atom is 0.0239 e. The molecule has 0 aliphatic rings. The molecule has 2 heteroatoms. The first-order valence-electron chi connectivity index (χ1n) is 7.97. The van der Waals surface area contributed by atoms with Crippen LogP contribution < -0.4 is 5.30 Å². The predicted octanol–water partition coefficient (Wildman–Crippen LogP) is 4.62. The van der Waals surface area contributed by atoms with Crippen LogP contribution in [0, 0.1) is 0 Å². The van der Waals surface area contributed by atoms with Gasteiger partial charge in [0.05, 0.1) is 0 Å². The van der Waals surface area contributed by atoms with Gasteiger partial charge in [-0.1, -0.05) is 53.7 Å². The van der Waals surface area contributed by atoms with Crippen molar-refractivity contribution in [1.29, 1.82) is 0 Å². The molecule has 0 aromatic heterocycles. The summed E-state index contributed by atoms with van der Waals surface area (Å²) in [5, 5.41) is 1.38. The van der Waals surface area contributed by atoms with E-state index >= 15 is 0 Å². The normalized spacial score (nSPS) is 13.3.